The molecule has 37 heavy (non-hydrogen) atoms. The molecule has 1 saturated heterocycles. The summed E-state index contributed by atoms with van der Waals surface area (Å²) in [7, 11) is 0. The number of hydrogen-bond acceptors (Lipinski definition) is 8. The Morgan fingerprint density at radius 2 is 1.78 bits per heavy atom. The molecule has 2 aromatic carbocycles. The number of anilines is 2. The number of carbonyl (C=O) groups is 2. The van der Waals surface area contributed by atoms with Crippen LogP contribution >= 0.6 is 11.3 Å². The van der Waals surface area contributed by atoms with Gasteiger partial charge >= 0.3 is 0 Å². The van der Waals surface area contributed by atoms with Crippen molar-refractivity contribution >= 4 is 44.2 Å². The fraction of sp³-hybridized carbons (Fsp3) is 0.222. The van der Waals surface area contributed by atoms with Crippen molar-refractivity contribution in [1.82, 2.24) is 20.6 Å². The number of nitrogens with one attached hydrogen (secondary N) is 2. The number of para-hydroxylation sites is 1. The van der Waals surface area contributed by atoms with Crippen molar-refractivity contribution in [3.63, 3.8) is 0 Å². The molecule has 0 radical (unpaired) electrons. The number of pyridine rings is 1. The number of nitrogen functional groups attached to an aromatic ring is 1. The number of fused-ring (bicyclic) bond motifs is 1. The van der Waals surface area contributed by atoms with Gasteiger partial charge in [-0.05, 0) is 54.8 Å². The summed E-state index contributed by atoms with van der Waals surface area (Å²) in [4.78, 5) is 36.3. The number of hydrogen-bond donors (Lipinski definition) is 3. The van der Waals surface area contributed by atoms with Crippen LogP contribution < -0.4 is 21.3 Å². The van der Waals surface area contributed by atoms with Crippen LogP contribution in [0.15, 0.2) is 60.7 Å². The Balaban J connectivity index is 1.16. The lowest BCUT2D eigenvalue weighted by Crippen LogP contribution is -2.45. The highest BCUT2D eigenvalue weighted by Gasteiger charge is 2.23. The van der Waals surface area contributed by atoms with E-state index in [0.717, 1.165) is 47.4 Å². The van der Waals surface area contributed by atoms with Crippen LogP contribution in [0, 0.1) is 11.3 Å². The number of amides is 2. The van der Waals surface area contributed by atoms with Crippen molar-refractivity contribution in [3.05, 3.63) is 83.2 Å². The number of carbonyl (C=O) groups excluding carboxylic acids is 2. The van der Waals surface area contributed by atoms with E-state index in [1.54, 1.807) is 18.2 Å². The Morgan fingerprint density at radius 3 is 2.57 bits per heavy atom. The molecule has 3 heterocycles. The monoisotopic (exact) mass is 511 g/mol. The maximum Gasteiger partial charge on any atom is 0.270 e. The molecule has 4 aromatic rings. The smallest absolute Gasteiger partial charge is 0.270 e. The van der Waals surface area contributed by atoms with Gasteiger partial charge in [-0.25, -0.2) is 9.97 Å². The van der Waals surface area contributed by atoms with E-state index in [9.17, 15) is 14.9 Å². The average Bonchev–Trinajstić information content (AvgIpc) is 3.31. The second-order valence-electron chi connectivity index (χ2n) is 8.81. The number of thiazole rings is 1. The van der Waals surface area contributed by atoms with E-state index in [4.69, 9.17) is 5.73 Å². The van der Waals surface area contributed by atoms with Crippen molar-refractivity contribution in [2.45, 2.75) is 25.4 Å². The zero-order valence-corrected chi connectivity index (χ0v) is 20.8. The summed E-state index contributed by atoms with van der Waals surface area (Å²) in [6, 6.07) is 20.3. The molecule has 0 saturated carbocycles. The van der Waals surface area contributed by atoms with Gasteiger partial charge in [0.1, 0.15) is 17.5 Å². The normalized spacial score (nSPS) is 13.8. The van der Waals surface area contributed by atoms with E-state index in [1.165, 1.54) is 11.3 Å². The van der Waals surface area contributed by atoms with E-state index in [0.29, 0.717) is 17.2 Å². The summed E-state index contributed by atoms with van der Waals surface area (Å²) in [6.07, 6.45) is 1.50. The number of nitrogens with two attached hydrogens (primary N) is 1. The van der Waals surface area contributed by atoms with Gasteiger partial charge in [0.15, 0.2) is 5.13 Å². The third kappa shape index (κ3) is 5.52. The Hall–Kier alpha value is -4.49. The van der Waals surface area contributed by atoms with Crippen molar-refractivity contribution in [2.24, 2.45) is 0 Å². The summed E-state index contributed by atoms with van der Waals surface area (Å²) < 4.78 is 0.959. The van der Waals surface area contributed by atoms with Crippen LogP contribution in [-0.4, -0.2) is 40.9 Å². The molecule has 10 heteroatoms. The van der Waals surface area contributed by atoms with Crippen LogP contribution in [0.2, 0.25) is 0 Å². The molecule has 2 aromatic heterocycles. The maximum atomic E-state index is 12.9. The number of benzene rings is 2. The molecule has 4 N–H and O–H groups in total. The Morgan fingerprint density at radius 1 is 1.03 bits per heavy atom. The molecule has 186 valence electrons. The molecule has 0 bridgehead atoms. The highest BCUT2D eigenvalue weighted by atomic mass is 32.1. The molecule has 0 aliphatic carbocycles. The van der Waals surface area contributed by atoms with E-state index in [1.807, 2.05) is 42.5 Å². The molecular formula is C27H25N7O2S. The predicted molar refractivity (Wildman–Crippen MR) is 143 cm³/mol. The van der Waals surface area contributed by atoms with Gasteiger partial charge in [-0.2, -0.15) is 5.26 Å². The minimum Gasteiger partial charge on any atom is -0.375 e. The van der Waals surface area contributed by atoms with Crippen LogP contribution in [0.3, 0.4) is 0 Å². The maximum absolute atomic E-state index is 12.9. The zero-order valence-electron chi connectivity index (χ0n) is 20.0. The highest BCUT2D eigenvalue weighted by Crippen LogP contribution is 2.25. The number of piperidine rings is 1. The van der Waals surface area contributed by atoms with Gasteiger partial charge < -0.3 is 21.3 Å². The second-order valence-corrected chi connectivity index (χ2v) is 9.87. The molecule has 0 spiro atoms. The molecule has 5 rings (SSSR count). The van der Waals surface area contributed by atoms with Gasteiger partial charge in [0.25, 0.3) is 11.8 Å². The summed E-state index contributed by atoms with van der Waals surface area (Å²) in [5, 5.41) is 15.8. The van der Waals surface area contributed by atoms with Gasteiger partial charge in [-0.3, -0.25) is 9.59 Å². The zero-order chi connectivity index (χ0) is 25.8. The molecule has 1 aliphatic heterocycles. The fourth-order valence-electron chi connectivity index (χ4n) is 4.43. The summed E-state index contributed by atoms with van der Waals surface area (Å²) in [6.45, 7) is 1.79. The molecule has 0 atom stereocenters. The Kier molecular flexibility index (Phi) is 6.96. The first-order chi connectivity index (χ1) is 18.0. The van der Waals surface area contributed by atoms with Crippen LogP contribution in [0.1, 0.15) is 44.9 Å². The summed E-state index contributed by atoms with van der Waals surface area (Å²) in [5.74, 6) is -0.665. The standard InChI is InChI=1S/C27H25N7O2S/c28-15-18-4-1-2-7-23(18)34-12-10-19(11-13-34)31-26(36)22-6-3-5-21(32-22)25(35)30-16-17-8-9-20-24(14-17)37-27(29)33-20/h1-9,14,19H,10-13,16H2,(H2,29,33)(H,30,35)(H,31,36). The minimum absolute atomic E-state index is 0.00650. The largest absolute Gasteiger partial charge is 0.375 e. The first-order valence-corrected chi connectivity index (χ1v) is 12.8. The molecule has 9 nitrogen and oxygen atoms in total. The Labute approximate surface area is 218 Å². The second kappa shape index (κ2) is 10.6. The van der Waals surface area contributed by atoms with Gasteiger partial charge in [0, 0.05) is 25.7 Å². The van der Waals surface area contributed by atoms with Crippen molar-refractivity contribution in [2.75, 3.05) is 23.7 Å². The summed E-state index contributed by atoms with van der Waals surface area (Å²) >= 11 is 1.40. The van der Waals surface area contributed by atoms with Crippen LogP contribution in [0.4, 0.5) is 10.8 Å². The van der Waals surface area contributed by atoms with Crippen LogP contribution in [-0.2, 0) is 6.54 Å². The third-order valence-electron chi connectivity index (χ3n) is 6.33. The van der Waals surface area contributed by atoms with E-state index >= 15 is 0 Å². The summed E-state index contributed by atoms with van der Waals surface area (Å²) in [5.41, 5.74) is 9.46. The average molecular weight is 512 g/mol. The van der Waals surface area contributed by atoms with Gasteiger partial charge in [-0.1, -0.05) is 35.6 Å². The lowest BCUT2D eigenvalue weighted by Gasteiger charge is -2.34. The van der Waals surface area contributed by atoms with Crippen LogP contribution in [0.25, 0.3) is 10.2 Å². The molecule has 0 unspecified atom stereocenters. The van der Waals surface area contributed by atoms with Gasteiger partial charge in [-0.15, -0.1) is 0 Å². The van der Waals surface area contributed by atoms with Crippen molar-refractivity contribution in [1.29, 1.82) is 5.26 Å². The molecule has 2 amide bonds. The number of nitrogens with zero attached hydrogens (tertiary/aromatic N) is 4. The van der Waals surface area contributed by atoms with E-state index < -0.39 is 0 Å². The minimum atomic E-state index is -0.358. The predicted octanol–water partition coefficient (Wildman–Crippen LogP) is 3.47. The van der Waals surface area contributed by atoms with E-state index in [-0.39, 0.29) is 29.2 Å². The first-order valence-electron chi connectivity index (χ1n) is 12.0. The van der Waals surface area contributed by atoms with Gasteiger partial charge in [0.05, 0.1) is 21.5 Å². The Bertz CT molecular complexity index is 1500. The lowest BCUT2D eigenvalue weighted by atomic mass is 10.0. The van der Waals surface area contributed by atoms with Gasteiger partial charge in [0.2, 0.25) is 0 Å². The van der Waals surface area contributed by atoms with Crippen molar-refractivity contribution < 1.29 is 9.59 Å². The lowest BCUT2D eigenvalue weighted by molar-refractivity contribution is 0.0925. The van der Waals surface area contributed by atoms with Crippen molar-refractivity contribution in [3.8, 4) is 6.07 Å². The molecule has 1 fully saturated rings. The number of rotatable bonds is 6. The number of nitriles is 1. The topological polar surface area (TPSA) is 137 Å². The van der Waals surface area contributed by atoms with E-state index in [2.05, 4.69) is 31.6 Å². The molecular weight excluding hydrogens is 486 g/mol. The third-order valence-corrected chi connectivity index (χ3v) is 7.18. The van der Waals surface area contributed by atoms with Crippen LogP contribution in [0.5, 0.6) is 0 Å². The molecule has 1 aliphatic rings. The quantitative estimate of drug-likeness (QED) is 0.360. The highest BCUT2D eigenvalue weighted by molar-refractivity contribution is 7.22. The first kappa shape index (κ1) is 24.2. The fourth-order valence-corrected chi connectivity index (χ4v) is 5.22. The number of aromatic nitrogens is 2. The SMILES string of the molecule is N#Cc1ccccc1N1CCC(NC(=O)c2cccc(C(=O)NCc3ccc4nc(N)sc4c3)n2)CC1.